The van der Waals surface area contributed by atoms with Crippen molar-refractivity contribution in [3.8, 4) is 0 Å². The summed E-state index contributed by atoms with van der Waals surface area (Å²) in [5.41, 5.74) is 0.838. The lowest BCUT2D eigenvalue weighted by atomic mass is 9.89. The molecule has 0 spiro atoms. The van der Waals surface area contributed by atoms with Gasteiger partial charge in [0.15, 0.2) is 0 Å². The molecule has 0 radical (unpaired) electrons. The van der Waals surface area contributed by atoms with Gasteiger partial charge in [0.2, 0.25) is 17.7 Å². The number of nitrogens with one attached hydrogen (secondary N) is 4. The van der Waals surface area contributed by atoms with Crippen LogP contribution in [0.25, 0.3) is 10.8 Å². The normalized spacial score (nSPS) is 14.7. The van der Waals surface area contributed by atoms with Gasteiger partial charge in [0, 0.05) is 30.1 Å². The van der Waals surface area contributed by atoms with Crippen LogP contribution in [0.3, 0.4) is 0 Å². The van der Waals surface area contributed by atoms with E-state index in [4.69, 9.17) is 0 Å². The molecule has 2 aromatic rings. The van der Waals surface area contributed by atoms with E-state index in [-0.39, 0.29) is 61.4 Å². The van der Waals surface area contributed by atoms with E-state index in [0.717, 1.165) is 29.3 Å². The molecule has 44 heavy (non-hydrogen) atoms. The van der Waals surface area contributed by atoms with Crippen LogP contribution >= 0.6 is 12.4 Å². The minimum atomic E-state index is -0.998. The first-order chi connectivity index (χ1) is 20.5. The van der Waals surface area contributed by atoms with E-state index in [9.17, 15) is 24.6 Å². The van der Waals surface area contributed by atoms with Crippen molar-refractivity contribution in [1.29, 1.82) is 0 Å². The summed E-state index contributed by atoms with van der Waals surface area (Å²) in [5.74, 6) is -1.00. The molecule has 3 amide bonds. The Hall–Kier alpha value is -2.88. The standard InChI is InChI=1S/C34H54N4O5.ClH/c1-7-8-15-29(37-32(41)24(6)36-28-16-11-13-25-12-9-10-14-27(25)28)34(43)38-30(19-22(2)3)31(40)20-26(17-18-39)33(42)35-21-23(4)5;/h9-14,16,22-24,26,29-31,36,39-40H,7-8,15,17-21H2,1-6H3,(H,35,42)(H,37,41)(H,38,43);1H/t24?,26?,29-,30-,31-;/m0./s1. The predicted molar refractivity (Wildman–Crippen MR) is 181 cm³/mol. The number of benzene rings is 2. The van der Waals surface area contributed by atoms with Crippen molar-refractivity contribution < 1.29 is 24.6 Å². The Labute approximate surface area is 269 Å². The van der Waals surface area contributed by atoms with Gasteiger partial charge in [-0.3, -0.25) is 14.4 Å². The van der Waals surface area contributed by atoms with Crippen molar-refractivity contribution in [2.24, 2.45) is 17.8 Å². The van der Waals surface area contributed by atoms with Crippen LogP contribution in [0.2, 0.25) is 0 Å². The second kappa shape index (κ2) is 20.2. The van der Waals surface area contributed by atoms with E-state index >= 15 is 0 Å². The average molecular weight is 635 g/mol. The summed E-state index contributed by atoms with van der Waals surface area (Å²) >= 11 is 0. The number of carbonyl (C=O) groups is 3. The molecule has 5 atom stereocenters. The van der Waals surface area contributed by atoms with Crippen LogP contribution in [0.15, 0.2) is 42.5 Å². The monoisotopic (exact) mass is 634 g/mol. The molecule has 0 heterocycles. The lowest BCUT2D eigenvalue weighted by molar-refractivity contribution is -0.130. The van der Waals surface area contributed by atoms with Crippen molar-refractivity contribution in [2.45, 2.75) is 104 Å². The number of rotatable bonds is 19. The fourth-order valence-electron chi connectivity index (χ4n) is 5.14. The van der Waals surface area contributed by atoms with Gasteiger partial charge in [0.25, 0.3) is 0 Å². The molecule has 2 aromatic carbocycles. The molecular weight excluding hydrogens is 580 g/mol. The van der Waals surface area contributed by atoms with Gasteiger partial charge < -0.3 is 31.5 Å². The molecule has 248 valence electrons. The lowest BCUT2D eigenvalue weighted by Gasteiger charge is -2.30. The number of amides is 3. The molecule has 0 saturated carbocycles. The minimum absolute atomic E-state index is 0. The van der Waals surface area contributed by atoms with Gasteiger partial charge in [0.1, 0.15) is 12.1 Å². The van der Waals surface area contributed by atoms with Crippen molar-refractivity contribution in [3.63, 3.8) is 0 Å². The highest BCUT2D eigenvalue weighted by atomic mass is 35.5. The molecule has 9 nitrogen and oxygen atoms in total. The zero-order valence-corrected chi connectivity index (χ0v) is 28.1. The Morgan fingerprint density at radius 2 is 1.50 bits per heavy atom. The largest absolute Gasteiger partial charge is 0.396 e. The van der Waals surface area contributed by atoms with Crippen molar-refractivity contribution in [3.05, 3.63) is 42.5 Å². The molecule has 0 aliphatic rings. The smallest absolute Gasteiger partial charge is 0.242 e. The highest BCUT2D eigenvalue weighted by molar-refractivity contribution is 5.96. The number of anilines is 1. The Morgan fingerprint density at radius 3 is 2.14 bits per heavy atom. The maximum absolute atomic E-state index is 13.6. The van der Waals surface area contributed by atoms with Crippen LogP contribution in [-0.4, -0.2) is 65.3 Å². The topological polar surface area (TPSA) is 140 Å². The van der Waals surface area contributed by atoms with Crippen LogP contribution in [0, 0.1) is 17.8 Å². The summed E-state index contributed by atoms with van der Waals surface area (Å²) < 4.78 is 0. The van der Waals surface area contributed by atoms with E-state index < -0.39 is 30.1 Å². The first-order valence-corrected chi connectivity index (χ1v) is 15.9. The third-order valence-corrected chi connectivity index (χ3v) is 7.61. The van der Waals surface area contributed by atoms with Gasteiger partial charge in [-0.05, 0) is 55.9 Å². The molecule has 0 aliphatic carbocycles. The minimum Gasteiger partial charge on any atom is -0.396 e. The predicted octanol–water partition coefficient (Wildman–Crippen LogP) is 4.79. The zero-order valence-electron chi connectivity index (χ0n) is 27.3. The number of halogens is 1. The summed E-state index contributed by atoms with van der Waals surface area (Å²) in [7, 11) is 0. The molecule has 2 unspecified atom stereocenters. The summed E-state index contributed by atoms with van der Waals surface area (Å²) in [6, 6.07) is 11.8. The molecule has 0 saturated heterocycles. The number of aliphatic hydroxyl groups excluding tert-OH is 2. The number of hydrogen-bond donors (Lipinski definition) is 6. The van der Waals surface area contributed by atoms with Crippen molar-refractivity contribution in [2.75, 3.05) is 18.5 Å². The van der Waals surface area contributed by atoms with Gasteiger partial charge >= 0.3 is 0 Å². The summed E-state index contributed by atoms with van der Waals surface area (Å²) in [4.78, 5) is 39.7. The molecule has 0 fully saturated rings. The van der Waals surface area contributed by atoms with Crippen molar-refractivity contribution in [1.82, 2.24) is 16.0 Å². The zero-order chi connectivity index (χ0) is 31.9. The second-order valence-electron chi connectivity index (χ2n) is 12.5. The number of fused-ring (bicyclic) bond motifs is 1. The summed E-state index contributed by atoms with van der Waals surface area (Å²) in [5, 5.41) is 35.0. The first kappa shape index (κ1) is 39.1. The summed E-state index contributed by atoms with van der Waals surface area (Å²) in [6.45, 7) is 12.1. The van der Waals surface area contributed by atoms with Crippen LogP contribution in [-0.2, 0) is 14.4 Å². The Kier molecular flexibility index (Phi) is 18.0. The van der Waals surface area contributed by atoms with Crippen LogP contribution < -0.4 is 21.3 Å². The summed E-state index contributed by atoms with van der Waals surface area (Å²) in [6.07, 6.45) is 1.90. The van der Waals surface area contributed by atoms with Gasteiger partial charge in [-0.2, -0.15) is 0 Å². The molecule has 0 aromatic heterocycles. The molecular formula is C34H55ClN4O5. The van der Waals surface area contributed by atoms with Crippen LogP contribution in [0.5, 0.6) is 0 Å². The average Bonchev–Trinajstić information content (AvgIpc) is 2.97. The van der Waals surface area contributed by atoms with Gasteiger partial charge in [0.05, 0.1) is 12.1 Å². The maximum Gasteiger partial charge on any atom is 0.242 e. The van der Waals surface area contributed by atoms with Crippen LogP contribution in [0.4, 0.5) is 5.69 Å². The third kappa shape index (κ3) is 13.0. The third-order valence-electron chi connectivity index (χ3n) is 7.61. The van der Waals surface area contributed by atoms with Gasteiger partial charge in [-0.15, -0.1) is 12.4 Å². The SMILES string of the molecule is CCCC[C@H](NC(=O)C(C)Nc1cccc2ccccc12)C(=O)N[C@@H](CC(C)C)[C@@H](O)CC(CCO)C(=O)NCC(C)C.Cl. The highest BCUT2D eigenvalue weighted by Gasteiger charge is 2.31. The van der Waals surface area contributed by atoms with Crippen molar-refractivity contribution >= 4 is 46.6 Å². The fourth-order valence-corrected chi connectivity index (χ4v) is 5.14. The fraction of sp³-hybridized carbons (Fsp3) is 0.618. The first-order valence-electron chi connectivity index (χ1n) is 15.9. The molecule has 10 heteroatoms. The van der Waals surface area contributed by atoms with E-state index in [0.29, 0.717) is 19.4 Å². The Balaban J connectivity index is 0.00000968. The van der Waals surface area contributed by atoms with Gasteiger partial charge in [-0.25, -0.2) is 0 Å². The Bertz CT molecular complexity index is 1160. The maximum atomic E-state index is 13.6. The molecule has 0 aliphatic heterocycles. The number of hydrogen-bond acceptors (Lipinski definition) is 6. The number of carbonyl (C=O) groups excluding carboxylic acids is 3. The molecule has 2 rings (SSSR count). The molecule has 6 N–H and O–H groups in total. The van der Waals surface area contributed by atoms with Gasteiger partial charge in [-0.1, -0.05) is 83.9 Å². The van der Waals surface area contributed by atoms with E-state index in [2.05, 4.69) is 21.3 Å². The quantitative estimate of drug-likeness (QED) is 0.131. The second-order valence-corrected chi connectivity index (χ2v) is 12.5. The van der Waals surface area contributed by atoms with E-state index in [1.54, 1.807) is 6.92 Å². The highest BCUT2D eigenvalue weighted by Crippen LogP contribution is 2.24. The number of aliphatic hydroxyl groups is 2. The molecule has 0 bridgehead atoms. The lowest BCUT2D eigenvalue weighted by Crippen LogP contribution is -2.55. The Morgan fingerprint density at radius 1 is 0.818 bits per heavy atom. The number of unbranched alkanes of at least 4 members (excludes halogenated alkanes) is 1. The van der Waals surface area contributed by atoms with Crippen LogP contribution in [0.1, 0.15) is 80.1 Å². The van der Waals surface area contributed by atoms with E-state index in [1.165, 1.54) is 0 Å². The van der Waals surface area contributed by atoms with E-state index in [1.807, 2.05) is 77.1 Å².